The van der Waals surface area contributed by atoms with Crippen molar-refractivity contribution < 1.29 is 4.74 Å². The van der Waals surface area contributed by atoms with E-state index in [4.69, 9.17) is 4.74 Å². The second kappa shape index (κ2) is 5.76. The summed E-state index contributed by atoms with van der Waals surface area (Å²) in [5, 5.41) is 12.5. The predicted octanol–water partition coefficient (Wildman–Crippen LogP) is 3.33. The molecule has 1 unspecified atom stereocenters. The first kappa shape index (κ1) is 14.9. The fourth-order valence-corrected chi connectivity index (χ4v) is 2.96. The van der Waals surface area contributed by atoms with Crippen molar-refractivity contribution in [3.05, 3.63) is 54.4 Å². The number of hydrogen-bond donors (Lipinski definition) is 1. The van der Waals surface area contributed by atoms with Gasteiger partial charge in [0.05, 0.1) is 0 Å². The van der Waals surface area contributed by atoms with E-state index in [9.17, 15) is 0 Å². The lowest BCUT2D eigenvalue weighted by molar-refractivity contribution is 0.108. The molecule has 3 heterocycles. The highest BCUT2D eigenvalue weighted by Gasteiger charge is 2.36. The lowest BCUT2D eigenvalue weighted by Gasteiger charge is -2.29. The summed E-state index contributed by atoms with van der Waals surface area (Å²) in [6.07, 6.45) is 3.65. The standard InChI is InChI=1S/C17H15N5OS/c1-17(13-9-5-6-10-18-13)20-12-8-4-3-7-11(12)14-15(23-17)19-16(24-2)22-21-14/h3-10,20H,1-2H3. The van der Waals surface area contributed by atoms with E-state index >= 15 is 0 Å². The third-order valence-corrected chi connectivity index (χ3v) is 4.37. The number of nitrogens with one attached hydrogen (secondary N) is 1. The highest BCUT2D eigenvalue weighted by atomic mass is 32.2. The Morgan fingerprint density at radius 1 is 1.08 bits per heavy atom. The van der Waals surface area contributed by atoms with Gasteiger partial charge >= 0.3 is 0 Å². The van der Waals surface area contributed by atoms with Gasteiger partial charge in [0.1, 0.15) is 5.69 Å². The van der Waals surface area contributed by atoms with E-state index in [0.29, 0.717) is 16.7 Å². The van der Waals surface area contributed by atoms with Gasteiger partial charge in [-0.3, -0.25) is 4.98 Å². The van der Waals surface area contributed by atoms with Crippen LogP contribution in [0.15, 0.2) is 53.8 Å². The molecule has 7 heteroatoms. The van der Waals surface area contributed by atoms with Crippen LogP contribution >= 0.6 is 11.8 Å². The zero-order chi connectivity index (χ0) is 16.6. The maximum Gasteiger partial charge on any atom is 0.247 e. The Balaban J connectivity index is 1.93. The average molecular weight is 337 g/mol. The smallest absolute Gasteiger partial charge is 0.247 e. The third-order valence-electron chi connectivity index (χ3n) is 3.83. The number of anilines is 1. The summed E-state index contributed by atoms with van der Waals surface area (Å²) in [4.78, 5) is 8.96. The molecule has 0 fully saturated rings. The Morgan fingerprint density at radius 3 is 2.71 bits per heavy atom. The number of benzene rings is 1. The van der Waals surface area contributed by atoms with Crippen molar-refractivity contribution in [3.63, 3.8) is 0 Å². The fraction of sp³-hybridized carbons (Fsp3) is 0.176. The number of ether oxygens (including phenoxy) is 1. The van der Waals surface area contributed by atoms with Gasteiger partial charge in [-0.25, -0.2) is 0 Å². The monoisotopic (exact) mass is 337 g/mol. The van der Waals surface area contributed by atoms with Gasteiger partial charge in [-0.2, -0.15) is 4.98 Å². The number of pyridine rings is 1. The number of rotatable bonds is 2. The van der Waals surface area contributed by atoms with Crippen molar-refractivity contribution in [2.45, 2.75) is 17.8 Å². The summed E-state index contributed by atoms with van der Waals surface area (Å²) in [5.41, 5.74) is 2.32. The molecule has 0 amide bonds. The number of para-hydroxylation sites is 1. The van der Waals surface area contributed by atoms with Gasteiger partial charge in [0, 0.05) is 24.4 Å². The Labute approximate surface area is 143 Å². The molecule has 0 aliphatic carbocycles. The molecule has 1 N–H and O–H groups in total. The van der Waals surface area contributed by atoms with Crippen molar-refractivity contribution in [3.8, 4) is 17.1 Å². The van der Waals surface area contributed by atoms with Crippen LogP contribution in [-0.2, 0) is 5.72 Å². The minimum Gasteiger partial charge on any atom is -0.444 e. The molecule has 120 valence electrons. The summed E-state index contributed by atoms with van der Waals surface area (Å²) in [7, 11) is 0. The molecule has 2 aromatic heterocycles. The topological polar surface area (TPSA) is 72.8 Å². The van der Waals surface area contributed by atoms with Gasteiger partial charge in [0.15, 0.2) is 5.69 Å². The van der Waals surface area contributed by atoms with Crippen LogP contribution in [0.1, 0.15) is 12.6 Å². The lowest BCUT2D eigenvalue weighted by atomic mass is 10.1. The highest BCUT2D eigenvalue weighted by Crippen LogP contribution is 2.41. The summed E-state index contributed by atoms with van der Waals surface area (Å²) < 4.78 is 6.25. The Kier molecular flexibility index (Phi) is 3.57. The van der Waals surface area contributed by atoms with Crippen LogP contribution in [0, 0.1) is 0 Å². The predicted molar refractivity (Wildman–Crippen MR) is 92.9 cm³/mol. The maximum atomic E-state index is 6.25. The normalized spacial score (nSPS) is 18.6. The molecule has 4 rings (SSSR count). The molecule has 24 heavy (non-hydrogen) atoms. The molecule has 3 aromatic rings. The fourth-order valence-electron chi connectivity index (χ4n) is 2.66. The number of fused-ring (bicyclic) bond motifs is 3. The van der Waals surface area contributed by atoms with E-state index in [2.05, 4.69) is 25.5 Å². The molecule has 1 atom stereocenters. The quantitative estimate of drug-likeness (QED) is 0.719. The minimum atomic E-state index is -0.867. The average Bonchev–Trinajstić information content (AvgIpc) is 2.75. The number of hydrogen-bond acceptors (Lipinski definition) is 7. The molecule has 0 spiro atoms. The summed E-state index contributed by atoms with van der Waals surface area (Å²) in [5.74, 6) is 0.444. The third kappa shape index (κ3) is 2.46. The van der Waals surface area contributed by atoms with Gasteiger partial charge < -0.3 is 10.1 Å². The largest absolute Gasteiger partial charge is 0.444 e. The minimum absolute atomic E-state index is 0.444. The van der Waals surface area contributed by atoms with Crippen LogP contribution in [0.5, 0.6) is 5.88 Å². The van der Waals surface area contributed by atoms with Crippen LogP contribution in [0.25, 0.3) is 11.3 Å². The van der Waals surface area contributed by atoms with E-state index in [1.807, 2.05) is 55.6 Å². The Bertz CT molecular complexity index is 889. The van der Waals surface area contributed by atoms with Crippen LogP contribution in [-0.4, -0.2) is 26.4 Å². The number of aromatic nitrogens is 4. The first-order chi connectivity index (χ1) is 11.7. The first-order valence-corrected chi connectivity index (χ1v) is 8.69. The number of thioether (sulfide) groups is 1. The van der Waals surface area contributed by atoms with Crippen molar-refractivity contribution in [2.24, 2.45) is 0 Å². The second-order valence-electron chi connectivity index (χ2n) is 5.47. The SMILES string of the molecule is CSc1nnc2c(n1)OC(C)(c1ccccn1)Nc1ccccc1-2. The first-order valence-electron chi connectivity index (χ1n) is 7.46. The Morgan fingerprint density at radius 2 is 1.92 bits per heavy atom. The second-order valence-corrected chi connectivity index (χ2v) is 6.25. The maximum absolute atomic E-state index is 6.25. The molecular formula is C17H15N5OS. The van der Waals surface area contributed by atoms with Crippen LogP contribution < -0.4 is 10.1 Å². The molecule has 1 aliphatic rings. The summed E-state index contributed by atoms with van der Waals surface area (Å²) in [6, 6.07) is 13.6. The van der Waals surface area contributed by atoms with Crippen molar-refractivity contribution >= 4 is 17.4 Å². The summed E-state index contributed by atoms with van der Waals surface area (Å²) >= 11 is 1.42. The lowest BCUT2D eigenvalue weighted by Crippen LogP contribution is -2.38. The molecule has 1 aliphatic heterocycles. The summed E-state index contributed by atoms with van der Waals surface area (Å²) in [6.45, 7) is 1.93. The van der Waals surface area contributed by atoms with Gasteiger partial charge in [0.2, 0.25) is 16.8 Å². The van der Waals surface area contributed by atoms with E-state index in [1.165, 1.54) is 11.8 Å². The molecule has 0 saturated carbocycles. The number of nitrogens with zero attached hydrogens (tertiary/aromatic N) is 4. The van der Waals surface area contributed by atoms with Gasteiger partial charge in [-0.05, 0) is 24.5 Å². The van der Waals surface area contributed by atoms with E-state index < -0.39 is 5.72 Å². The van der Waals surface area contributed by atoms with Crippen LogP contribution in [0.4, 0.5) is 5.69 Å². The van der Waals surface area contributed by atoms with Crippen LogP contribution in [0.2, 0.25) is 0 Å². The molecule has 0 saturated heterocycles. The molecular weight excluding hydrogens is 322 g/mol. The molecule has 6 nitrogen and oxygen atoms in total. The Hall–Kier alpha value is -2.67. The molecule has 0 bridgehead atoms. The van der Waals surface area contributed by atoms with E-state index in [1.54, 1.807) is 6.20 Å². The van der Waals surface area contributed by atoms with Crippen molar-refractivity contribution in [1.82, 2.24) is 20.2 Å². The van der Waals surface area contributed by atoms with Gasteiger partial charge in [0.25, 0.3) is 0 Å². The molecule has 1 aromatic carbocycles. The van der Waals surface area contributed by atoms with Crippen molar-refractivity contribution in [2.75, 3.05) is 11.6 Å². The zero-order valence-electron chi connectivity index (χ0n) is 13.2. The van der Waals surface area contributed by atoms with Crippen LogP contribution in [0.3, 0.4) is 0 Å². The van der Waals surface area contributed by atoms with Gasteiger partial charge in [-0.15, -0.1) is 10.2 Å². The van der Waals surface area contributed by atoms with Gasteiger partial charge in [-0.1, -0.05) is 36.0 Å². The molecule has 0 radical (unpaired) electrons. The van der Waals surface area contributed by atoms with Crippen molar-refractivity contribution in [1.29, 1.82) is 0 Å². The van der Waals surface area contributed by atoms with E-state index in [-0.39, 0.29) is 0 Å². The highest BCUT2D eigenvalue weighted by molar-refractivity contribution is 7.98. The van der Waals surface area contributed by atoms with E-state index in [0.717, 1.165) is 16.9 Å². The zero-order valence-corrected chi connectivity index (χ0v) is 14.0.